The molecule has 12 rings (SSSR count). The van der Waals surface area contributed by atoms with Crippen LogP contribution in [-0.2, 0) is 5.41 Å². The van der Waals surface area contributed by atoms with Crippen molar-refractivity contribution < 1.29 is 4.42 Å². The van der Waals surface area contributed by atoms with Gasteiger partial charge in [-0.25, -0.2) is 9.97 Å². The molecule has 0 spiro atoms. The molecule has 3 heteroatoms. The van der Waals surface area contributed by atoms with Crippen molar-refractivity contribution in [2.24, 2.45) is 0 Å². The van der Waals surface area contributed by atoms with Crippen LogP contribution in [0, 0.1) is 0 Å². The van der Waals surface area contributed by atoms with Crippen LogP contribution in [0.3, 0.4) is 0 Å². The summed E-state index contributed by atoms with van der Waals surface area (Å²) < 4.78 is 6.82. The van der Waals surface area contributed by atoms with Crippen LogP contribution in [0.4, 0.5) is 0 Å². The van der Waals surface area contributed by atoms with E-state index in [1.807, 2.05) is 6.07 Å². The Morgan fingerprint density at radius 1 is 0.410 bits per heavy atom. The Morgan fingerprint density at radius 2 is 1.05 bits per heavy atom. The van der Waals surface area contributed by atoms with E-state index >= 15 is 0 Å². The highest BCUT2D eigenvalue weighted by molar-refractivity contribution is 6.20. The van der Waals surface area contributed by atoms with Crippen LogP contribution in [0.1, 0.15) is 23.6 Å². The van der Waals surface area contributed by atoms with E-state index in [-0.39, 0.29) is 5.41 Å². The van der Waals surface area contributed by atoms with Gasteiger partial charge >= 0.3 is 0 Å². The van der Waals surface area contributed by atoms with Crippen LogP contribution in [0.5, 0.6) is 0 Å². The third-order valence-corrected chi connectivity index (χ3v) is 12.8. The number of hydrogen-bond donors (Lipinski definition) is 0. The molecule has 2 aromatic heterocycles. The van der Waals surface area contributed by atoms with Gasteiger partial charge in [-0.05, 0) is 92.7 Å². The van der Waals surface area contributed by atoms with Crippen LogP contribution >= 0.6 is 0 Å². The lowest BCUT2D eigenvalue weighted by Crippen LogP contribution is -2.22. The third kappa shape index (κ3) is 5.58. The molecule has 0 N–H and O–H groups in total. The first-order chi connectivity index (χ1) is 30.1. The van der Waals surface area contributed by atoms with E-state index in [0.29, 0.717) is 5.82 Å². The number of furan rings is 1. The van der Waals surface area contributed by atoms with Crippen molar-refractivity contribution in [3.05, 3.63) is 229 Å². The zero-order valence-corrected chi connectivity index (χ0v) is 33.5. The molecule has 1 aliphatic rings. The Balaban J connectivity index is 1.07. The molecule has 0 aliphatic heterocycles. The van der Waals surface area contributed by atoms with Gasteiger partial charge in [-0.1, -0.05) is 182 Å². The van der Waals surface area contributed by atoms with Gasteiger partial charge in [0, 0.05) is 38.3 Å². The molecule has 0 amide bonds. The Kier molecular flexibility index (Phi) is 7.98. The molecule has 286 valence electrons. The number of aromatic nitrogens is 2. The smallest absolute Gasteiger partial charge is 0.160 e. The molecule has 11 aromatic rings. The predicted molar refractivity (Wildman–Crippen MR) is 251 cm³/mol. The van der Waals surface area contributed by atoms with Crippen molar-refractivity contribution in [2.45, 2.75) is 12.3 Å². The largest absolute Gasteiger partial charge is 0.455 e. The van der Waals surface area contributed by atoms with Crippen molar-refractivity contribution >= 4 is 32.7 Å². The summed E-state index contributed by atoms with van der Waals surface area (Å²) in [5.41, 5.74) is 17.0. The van der Waals surface area contributed by atoms with Crippen molar-refractivity contribution in [1.82, 2.24) is 9.97 Å². The van der Waals surface area contributed by atoms with Crippen LogP contribution in [0.15, 0.2) is 217 Å². The number of fused-ring (bicyclic) bond motifs is 8. The number of benzene rings is 9. The van der Waals surface area contributed by atoms with Crippen LogP contribution in [-0.4, -0.2) is 9.97 Å². The second-order valence-electron chi connectivity index (χ2n) is 16.2. The van der Waals surface area contributed by atoms with Gasteiger partial charge in [0.05, 0.1) is 11.4 Å². The molecule has 1 atom stereocenters. The van der Waals surface area contributed by atoms with Crippen LogP contribution < -0.4 is 0 Å². The van der Waals surface area contributed by atoms with Gasteiger partial charge < -0.3 is 4.42 Å². The minimum absolute atomic E-state index is 0.321. The highest BCUT2D eigenvalue weighted by Crippen LogP contribution is 2.55. The summed E-state index contributed by atoms with van der Waals surface area (Å²) in [5.74, 6) is 0.689. The van der Waals surface area contributed by atoms with Gasteiger partial charge in [0.2, 0.25) is 0 Å². The molecule has 1 aliphatic carbocycles. The third-order valence-electron chi connectivity index (χ3n) is 12.8. The Bertz CT molecular complexity index is 3480. The van der Waals surface area contributed by atoms with Gasteiger partial charge in [0.25, 0.3) is 0 Å². The first-order valence-corrected chi connectivity index (χ1v) is 20.9. The molecule has 2 heterocycles. The van der Waals surface area contributed by atoms with E-state index in [4.69, 9.17) is 14.4 Å². The highest BCUT2D eigenvalue weighted by atomic mass is 16.3. The molecule has 0 bridgehead atoms. The second-order valence-corrected chi connectivity index (χ2v) is 16.2. The van der Waals surface area contributed by atoms with E-state index in [2.05, 4.69) is 213 Å². The molecule has 1 unspecified atom stereocenters. The maximum absolute atomic E-state index is 6.82. The predicted octanol–water partition coefficient (Wildman–Crippen LogP) is 15.2. The molecule has 0 radical (unpaired) electrons. The lowest BCUT2D eigenvalue weighted by Gasteiger charge is -2.28. The van der Waals surface area contributed by atoms with E-state index in [1.54, 1.807) is 0 Å². The molecular weight excluding hydrogens is 741 g/mol. The highest BCUT2D eigenvalue weighted by Gasteiger charge is 2.41. The summed E-state index contributed by atoms with van der Waals surface area (Å²) in [5, 5.41) is 4.47. The molecular formula is C58H38N2O. The fourth-order valence-corrected chi connectivity index (χ4v) is 9.79. The van der Waals surface area contributed by atoms with Crippen molar-refractivity contribution in [2.75, 3.05) is 0 Å². The Labute approximate surface area is 354 Å². The van der Waals surface area contributed by atoms with Gasteiger partial charge in [-0.3, -0.25) is 0 Å². The summed E-state index contributed by atoms with van der Waals surface area (Å²) in [7, 11) is 0. The molecule has 0 saturated heterocycles. The van der Waals surface area contributed by atoms with E-state index in [1.165, 1.54) is 27.8 Å². The van der Waals surface area contributed by atoms with Crippen molar-refractivity contribution in [3.63, 3.8) is 0 Å². The molecule has 3 nitrogen and oxygen atoms in total. The Hall–Kier alpha value is -7.88. The maximum atomic E-state index is 6.82. The first-order valence-electron chi connectivity index (χ1n) is 20.9. The second kappa shape index (κ2) is 13.9. The van der Waals surface area contributed by atoms with Gasteiger partial charge in [0.15, 0.2) is 5.82 Å². The van der Waals surface area contributed by atoms with Crippen LogP contribution in [0.25, 0.3) is 100.0 Å². The van der Waals surface area contributed by atoms with Gasteiger partial charge in [-0.2, -0.15) is 0 Å². The van der Waals surface area contributed by atoms with E-state index in [0.717, 1.165) is 83.0 Å². The van der Waals surface area contributed by atoms with Gasteiger partial charge in [0.1, 0.15) is 11.2 Å². The average Bonchev–Trinajstić information content (AvgIpc) is 3.85. The zero-order valence-electron chi connectivity index (χ0n) is 33.5. The van der Waals surface area contributed by atoms with Gasteiger partial charge in [-0.15, -0.1) is 0 Å². The molecule has 0 saturated carbocycles. The molecule has 0 fully saturated rings. The van der Waals surface area contributed by atoms with Crippen molar-refractivity contribution in [3.8, 4) is 67.3 Å². The number of hydrogen-bond acceptors (Lipinski definition) is 3. The fraction of sp³-hybridized carbons (Fsp3) is 0.0345. The SMILES string of the molecule is CC1(c2ccccc2)c2ccccc2-c2c(-c3cc(-c4cccc(-c5cc(-c6ccccc6)cc6oc7c8ccccc8ccc7c56)c4)nc(-c4ccccc4)n3)cccc21. The fourth-order valence-electron chi connectivity index (χ4n) is 9.79. The topological polar surface area (TPSA) is 38.9 Å². The zero-order chi connectivity index (χ0) is 40.5. The summed E-state index contributed by atoms with van der Waals surface area (Å²) >= 11 is 0. The normalized spacial score (nSPS) is 14.4. The maximum Gasteiger partial charge on any atom is 0.160 e. The average molecular weight is 779 g/mol. The molecule has 9 aromatic carbocycles. The van der Waals surface area contributed by atoms with Crippen LogP contribution in [0.2, 0.25) is 0 Å². The minimum atomic E-state index is -0.321. The van der Waals surface area contributed by atoms with E-state index in [9.17, 15) is 0 Å². The lowest BCUT2D eigenvalue weighted by atomic mass is 9.74. The summed E-state index contributed by atoms with van der Waals surface area (Å²) in [6.07, 6.45) is 0. The lowest BCUT2D eigenvalue weighted by molar-refractivity contribution is 0.673. The summed E-state index contributed by atoms with van der Waals surface area (Å²) in [6, 6.07) is 75.7. The van der Waals surface area contributed by atoms with Crippen molar-refractivity contribution in [1.29, 1.82) is 0 Å². The first kappa shape index (κ1) is 35.1. The Morgan fingerprint density at radius 3 is 1.89 bits per heavy atom. The summed E-state index contributed by atoms with van der Waals surface area (Å²) in [4.78, 5) is 10.7. The minimum Gasteiger partial charge on any atom is -0.455 e. The monoisotopic (exact) mass is 778 g/mol. The number of rotatable bonds is 6. The van der Waals surface area contributed by atoms with E-state index < -0.39 is 0 Å². The summed E-state index contributed by atoms with van der Waals surface area (Å²) in [6.45, 7) is 2.36. The molecule has 61 heavy (non-hydrogen) atoms. The quantitative estimate of drug-likeness (QED) is 0.169. The standard InChI is InChI=1S/C58H38N2O/c1-58(43-24-9-4-10-25-43)49-29-14-13-27-45(49)54-46(28-16-30-50(54)58)52-36-51(59-57(60-52)39-20-7-3-8-21-39)41-23-15-22-40(33-41)48-34-42(37-17-5-2-6-18-37)35-53-55(48)47-32-31-38-19-11-12-26-44(38)56(47)61-53/h2-36H,1H3. The number of nitrogens with zero attached hydrogens (tertiary/aromatic N) is 2.